The van der Waals surface area contributed by atoms with Crippen molar-refractivity contribution in [3.05, 3.63) is 41.6 Å². The van der Waals surface area contributed by atoms with Crippen molar-refractivity contribution in [3.63, 3.8) is 0 Å². The Morgan fingerprint density at radius 2 is 2.00 bits per heavy atom. The highest BCUT2D eigenvalue weighted by molar-refractivity contribution is 5.47. The van der Waals surface area contributed by atoms with E-state index in [2.05, 4.69) is 15.3 Å². The maximum absolute atomic E-state index is 14.2. The predicted octanol–water partition coefficient (Wildman–Crippen LogP) is 3.37. The van der Waals surface area contributed by atoms with Crippen LogP contribution in [0.4, 0.5) is 10.2 Å². The molecule has 6 heteroatoms. The summed E-state index contributed by atoms with van der Waals surface area (Å²) in [5.41, 5.74) is 1.25. The Morgan fingerprint density at radius 3 is 2.64 bits per heavy atom. The molecule has 1 unspecified atom stereocenters. The van der Waals surface area contributed by atoms with Crippen LogP contribution in [-0.2, 0) is 6.42 Å². The molecule has 0 saturated heterocycles. The molecule has 2 aromatic rings. The lowest BCUT2D eigenvalue weighted by Crippen LogP contribution is -2.12. The van der Waals surface area contributed by atoms with Crippen LogP contribution in [0.3, 0.4) is 0 Å². The van der Waals surface area contributed by atoms with Gasteiger partial charge < -0.3 is 14.8 Å². The zero-order valence-corrected chi connectivity index (χ0v) is 13.2. The van der Waals surface area contributed by atoms with Gasteiger partial charge in [-0.15, -0.1) is 0 Å². The number of hydrogen-bond acceptors (Lipinski definition) is 5. The van der Waals surface area contributed by atoms with Crippen LogP contribution in [0.2, 0.25) is 0 Å². The molecule has 1 atom stereocenters. The van der Waals surface area contributed by atoms with E-state index in [0.29, 0.717) is 23.6 Å². The number of aryl methyl sites for hydroxylation is 1. The van der Waals surface area contributed by atoms with Gasteiger partial charge in [0, 0.05) is 5.56 Å². The molecule has 1 aromatic heterocycles. The number of ether oxygens (including phenoxy) is 2. The first kappa shape index (κ1) is 16.0. The van der Waals surface area contributed by atoms with Crippen LogP contribution in [0.1, 0.15) is 31.1 Å². The van der Waals surface area contributed by atoms with Crippen LogP contribution in [0.25, 0.3) is 0 Å². The van der Waals surface area contributed by atoms with Crippen LogP contribution in [-0.4, -0.2) is 24.2 Å². The van der Waals surface area contributed by atoms with Gasteiger partial charge in [-0.2, -0.15) is 0 Å². The molecule has 0 aliphatic heterocycles. The van der Waals surface area contributed by atoms with Crippen LogP contribution in [0.15, 0.2) is 24.5 Å². The first-order valence-corrected chi connectivity index (χ1v) is 7.08. The number of nitrogens with one attached hydrogen (secondary N) is 1. The number of rotatable bonds is 6. The lowest BCUT2D eigenvalue weighted by Gasteiger charge is -2.19. The van der Waals surface area contributed by atoms with Gasteiger partial charge in [-0.25, -0.2) is 14.4 Å². The zero-order valence-electron chi connectivity index (χ0n) is 13.2. The molecule has 1 aromatic carbocycles. The lowest BCUT2D eigenvalue weighted by molar-refractivity contribution is 0.397. The Labute approximate surface area is 129 Å². The largest absolute Gasteiger partial charge is 0.497 e. The minimum absolute atomic E-state index is 0.184. The van der Waals surface area contributed by atoms with Gasteiger partial charge in [0.05, 0.1) is 26.0 Å². The maximum Gasteiger partial charge on any atom is 0.186 e. The van der Waals surface area contributed by atoms with Crippen molar-refractivity contribution in [1.82, 2.24) is 9.97 Å². The van der Waals surface area contributed by atoms with E-state index in [1.165, 1.54) is 6.33 Å². The van der Waals surface area contributed by atoms with Gasteiger partial charge in [0.15, 0.2) is 11.6 Å². The highest BCUT2D eigenvalue weighted by Gasteiger charge is 2.16. The highest BCUT2D eigenvalue weighted by Crippen LogP contribution is 2.31. The topological polar surface area (TPSA) is 56.3 Å². The predicted molar refractivity (Wildman–Crippen MR) is 83.0 cm³/mol. The van der Waals surface area contributed by atoms with Crippen LogP contribution in [0.5, 0.6) is 11.5 Å². The second-order valence-electron chi connectivity index (χ2n) is 4.81. The molecule has 118 valence electrons. The van der Waals surface area contributed by atoms with Gasteiger partial charge in [0.1, 0.15) is 17.8 Å². The quantitative estimate of drug-likeness (QED) is 0.886. The van der Waals surface area contributed by atoms with Crippen molar-refractivity contribution >= 4 is 5.82 Å². The van der Waals surface area contributed by atoms with Gasteiger partial charge in [-0.1, -0.05) is 6.92 Å². The number of anilines is 1. The summed E-state index contributed by atoms with van der Waals surface area (Å²) in [6.07, 6.45) is 1.87. The summed E-state index contributed by atoms with van der Waals surface area (Å²) in [6.45, 7) is 3.76. The van der Waals surface area contributed by atoms with Crippen LogP contribution >= 0.6 is 0 Å². The molecule has 1 N–H and O–H groups in total. The highest BCUT2D eigenvalue weighted by atomic mass is 19.1. The molecular weight excluding hydrogens is 285 g/mol. The lowest BCUT2D eigenvalue weighted by atomic mass is 10.1. The van der Waals surface area contributed by atoms with E-state index < -0.39 is 5.82 Å². The third kappa shape index (κ3) is 3.27. The van der Waals surface area contributed by atoms with Gasteiger partial charge in [-0.05, 0) is 31.5 Å². The Balaban J connectivity index is 2.31. The molecule has 1 heterocycles. The fourth-order valence-corrected chi connectivity index (χ4v) is 2.21. The number of hydrogen-bond donors (Lipinski definition) is 1. The van der Waals surface area contributed by atoms with Crippen molar-refractivity contribution in [2.24, 2.45) is 0 Å². The average molecular weight is 305 g/mol. The molecule has 22 heavy (non-hydrogen) atoms. The molecular formula is C16H20FN3O2. The molecule has 5 nitrogen and oxygen atoms in total. The van der Waals surface area contributed by atoms with Crippen molar-refractivity contribution in [3.8, 4) is 11.5 Å². The Hall–Kier alpha value is -2.37. The van der Waals surface area contributed by atoms with Gasteiger partial charge in [0.25, 0.3) is 0 Å². The van der Waals surface area contributed by atoms with E-state index in [-0.39, 0.29) is 11.9 Å². The van der Waals surface area contributed by atoms with E-state index in [4.69, 9.17) is 9.47 Å². The van der Waals surface area contributed by atoms with E-state index in [1.807, 2.05) is 32.0 Å². The van der Waals surface area contributed by atoms with E-state index in [9.17, 15) is 4.39 Å². The Morgan fingerprint density at radius 1 is 1.23 bits per heavy atom. The van der Waals surface area contributed by atoms with E-state index in [1.54, 1.807) is 14.2 Å². The minimum Gasteiger partial charge on any atom is -0.497 e. The Bertz CT molecular complexity index is 649. The molecule has 0 fully saturated rings. The summed E-state index contributed by atoms with van der Waals surface area (Å²) >= 11 is 0. The van der Waals surface area contributed by atoms with E-state index in [0.717, 1.165) is 5.56 Å². The monoisotopic (exact) mass is 305 g/mol. The smallest absolute Gasteiger partial charge is 0.186 e. The van der Waals surface area contributed by atoms with Crippen LogP contribution in [0, 0.1) is 5.82 Å². The number of methoxy groups -OCH3 is 2. The van der Waals surface area contributed by atoms with Crippen molar-refractivity contribution in [1.29, 1.82) is 0 Å². The Kier molecular flexibility index (Phi) is 5.14. The number of benzene rings is 1. The van der Waals surface area contributed by atoms with Crippen molar-refractivity contribution < 1.29 is 13.9 Å². The summed E-state index contributed by atoms with van der Waals surface area (Å²) in [6, 6.07) is 5.28. The summed E-state index contributed by atoms with van der Waals surface area (Å²) in [5.74, 6) is 1.18. The second-order valence-corrected chi connectivity index (χ2v) is 4.81. The van der Waals surface area contributed by atoms with Crippen LogP contribution < -0.4 is 14.8 Å². The fourth-order valence-electron chi connectivity index (χ4n) is 2.21. The summed E-state index contributed by atoms with van der Waals surface area (Å²) in [4.78, 5) is 7.91. The summed E-state index contributed by atoms with van der Waals surface area (Å²) in [5, 5.41) is 3.07. The minimum atomic E-state index is -0.418. The number of halogens is 1. The summed E-state index contributed by atoms with van der Waals surface area (Å²) in [7, 11) is 3.19. The molecule has 0 aliphatic rings. The molecule has 0 bridgehead atoms. The average Bonchev–Trinajstić information content (AvgIpc) is 2.56. The first-order chi connectivity index (χ1) is 10.6. The molecule has 2 rings (SSSR count). The normalized spacial score (nSPS) is 11.9. The van der Waals surface area contributed by atoms with Crippen molar-refractivity contribution in [2.45, 2.75) is 26.3 Å². The summed E-state index contributed by atoms with van der Waals surface area (Å²) < 4.78 is 24.8. The molecule has 0 amide bonds. The third-order valence-electron chi connectivity index (χ3n) is 3.45. The number of nitrogens with zero attached hydrogens (tertiary/aromatic N) is 2. The molecule has 0 radical (unpaired) electrons. The third-order valence-corrected chi connectivity index (χ3v) is 3.45. The molecule has 0 spiro atoms. The zero-order chi connectivity index (χ0) is 16.1. The fraction of sp³-hybridized carbons (Fsp3) is 0.375. The first-order valence-electron chi connectivity index (χ1n) is 7.08. The van der Waals surface area contributed by atoms with Gasteiger partial charge in [0.2, 0.25) is 0 Å². The van der Waals surface area contributed by atoms with E-state index >= 15 is 0 Å². The maximum atomic E-state index is 14.2. The SMILES string of the molecule is CCc1ncnc(NC(C)c2cc(OC)ccc2OC)c1F. The second kappa shape index (κ2) is 7.06. The standard InChI is InChI=1S/C16H20FN3O2/c1-5-13-15(17)16(19-9-18-13)20-10(2)12-8-11(21-3)6-7-14(12)22-4/h6-10H,5H2,1-4H3,(H,18,19,20). The molecule has 0 aliphatic carbocycles. The molecule has 0 saturated carbocycles. The number of aromatic nitrogens is 2. The van der Waals surface area contributed by atoms with Gasteiger partial charge >= 0.3 is 0 Å². The van der Waals surface area contributed by atoms with Gasteiger partial charge in [-0.3, -0.25) is 0 Å². The van der Waals surface area contributed by atoms with Crippen molar-refractivity contribution in [2.75, 3.05) is 19.5 Å².